The van der Waals surface area contributed by atoms with Crippen molar-refractivity contribution in [2.24, 2.45) is 0 Å². The standard InChI is InChI=1S/C27H26N2O6S4/c30-38(31,32)16-6-14-28-23(21-9-2-1-3-10-21)19-36-25(28)18-26-29(15-7-17-39(33,34)35)27-22-11-5-4-8-20(22)12-13-24(27)37-26/h1-5,8-13,18-19H,6-7,14-17H2,(H-,30,31,32,33,34,35)/p-1. The monoisotopic (exact) mass is 601 g/mol. The van der Waals surface area contributed by atoms with Gasteiger partial charge in [0.25, 0.3) is 5.01 Å². The highest BCUT2D eigenvalue weighted by Gasteiger charge is 2.29. The molecule has 12 heteroatoms. The second-order valence-electron chi connectivity index (χ2n) is 9.08. The number of benzene rings is 3. The van der Waals surface area contributed by atoms with E-state index in [1.54, 1.807) is 11.8 Å². The van der Waals surface area contributed by atoms with Crippen LogP contribution in [-0.4, -0.2) is 44.0 Å². The lowest BCUT2D eigenvalue weighted by Crippen LogP contribution is -2.38. The molecule has 0 fully saturated rings. The molecular weight excluding hydrogens is 577 g/mol. The van der Waals surface area contributed by atoms with Crippen molar-refractivity contribution < 1.29 is 30.5 Å². The van der Waals surface area contributed by atoms with Crippen molar-refractivity contribution >= 4 is 65.9 Å². The lowest BCUT2D eigenvalue weighted by atomic mass is 10.1. The van der Waals surface area contributed by atoms with Gasteiger partial charge >= 0.3 is 0 Å². The van der Waals surface area contributed by atoms with Gasteiger partial charge in [0.15, 0.2) is 6.54 Å². The molecule has 8 nitrogen and oxygen atoms in total. The van der Waals surface area contributed by atoms with Crippen LogP contribution in [0.4, 0.5) is 5.69 Å². The van der Waals surface area contributed by atoms with Gasteiger partial charge in [-0.1, -0.05) is 71.6 Å². The third-order valence-electron chi connectivity index (χ3n) is 6.33. The van der Waals surface area contributed by atoms with Gasteiger partial charge in [-0.05, 0) is 30.0 Å². The van der Waals surface area contributed by atoms with E-state index >= 15 is 0 Å². The van der Waals surface area contributed by atoms with Crippen molar-refractivity contribution in [1.82, 2.24) is 0 Å². The minimum atomic E-state index is -4.35. The first-order valence-corrected chi connectivity index (χ1v) is 17.1. The van der Waals surface area contributed by atoms with Gasteiger partial charge in [0.1, 0.15) is 0 Å². The third-order valence-corrected chi connectivity index (χ3v) is 9.93. The molecule has 2 heterocycles. The summed E-state index contributed by atoms with van der Waals surface area (Å²) in [7, 11) is -8.69. The lowest BCUT2D eigenvalue weighted by Gasteiger charge is -2.22. The normalized spacial score (nSPS) is 14.8. The smallest absolute Gasteiger partial charge is 0.264 e. The first kappa shape index (κ1) is 27.8. The quantitative estimate of drug-likeness (QED) is 0.190. The van der Waals surface area contributed by atoms with Crippen LogP contribution in [0.2, 0.25) is 0 Å². The molecule has 0 unspecified atom stereocenters. The number of fused-ring (bicyclic) bond motifs is 3. The molecule has 0 saturated carbocycles. The summed E-state index contributed by atoms with van der Waals surface area (Å²) in [4.78, 5) is 3.08. The number of anilines is 1. The Balaban J connectivity index is 1.56. The maximum atomic E-state index is 11.3. The molecule has 0 saturated heterocycles. The highest BCUT2D eigenvalue weighted by atomic mass is 32.2. The van der Waals surface area contributed by atoms with Gasteiger partial charge in [-0.15, -0.1) is 0 Å². The maximum absolute atomic E-state index is 11.3. The van der Waals surface area contributed by atoms with E-state index in [2.05, 4.69) is 4.90 Å². The summed E-state index contributed by atoms with van der Waals surface area (Å²) < 4.78 is 69.8. The maximum Gasteiger partial charge on any atom is 0.264 e. The molecule has 3 aromatic carbocycles. The predicted octanol–water partition coefficient (Wildman–Crippen LogP) is 4.64. The molecule has 39 heavy (non-hydrogen) atoms. The van der Waals surface area contributed by atoms with Crippen LogP contribution in [-0.2, 0) is 26.8 Å². The highest BCUT2D eigenvalue weighted by Crippen LogP contribution is 2.50. The molecule has 204 valence electrons. The molecule has 0 amide bonds. The molecule has 5 rings (SSSR count). The number of thiazole rings is 1. The Bertz CT molecular complexity index is 1750. The molecular formula is C27H25N2O6S4-. The largest absolute Gasteiger partial charge is 0.748 e. The minimum absolute atomic E-state index is 0.173. The fraction of sp³-hybridized carbons (Fsp3) is 0.222. The van der Waals surface area contributed by atoms with Crippen molar-refractivity contribution in [3.63, 3.8) is 0 Å². The average Bonchev–Trinajstić information content (AvgIpc) is 3.44. The highest BCUT2D eigenvalue weighted by molar-refractivity contribution is 8.04. The Morgan fingerprint density at radius 1 is 0.846 bits per heavy atom. The summed E-state index contributed by atoms with van der Waals surface area (Å²) in [5, 5.41) is 5.82. The molecule has 0 bridgehead atoms. The van der Waals surface area contributed by atoms with Crippen LogP contribution >= 0.6 is 23.1 Å². The summed E-state index contributed by atoms with van der Waals surface area (Å²) in [6.07, 6.45) is 2.35. The first-order chi connectivity index (χ1) is 18.6. The van der Waals surface area contributed by atoms with E-state index in [1.807, 2.05) is 82.8 Å². The molecule has 1 aliphatic heterocycles. The van der Waals surface area contributed by atoms with Gasteiger partial charge in [-0.25, -0.2) is 16.8 Å². The molecule has 4 aromatic rings. The first-order valence-electron chi connectivity index (χ1n) is 12.2. The van der Waals surface area contributed by atoms with Crippen LogP contribution in [0.5, 0.6) is 0 Å². The van der Waals surface area contributed by atoms with Gasteiger partial charge in [-0.3, -0.25) is 0 Å². The predicted molar refractivity (Wildman–Crippen MR) is 153 cm³/mol. The number of nitrogens with zero attached hydrogens (tertiary/aromatic N) is 2. The number of thioether (sulfide) groups is 1. The topological polar surface area (TPSA) is 122 Å². The minimum Gasteiger partial charge on any atom is -0.748 e. The van der Waals surface area contributed by atoms with Crippen LogP contribution in [0.25, 0.3) is 28.1 Å². The zero-order valence-electron chi connectivity index (χ0n) is 20.7. The molecule has 0 atom stereocenters. The zero-order valence-corrected chi connectivity index (χ0v) is 24.0. The summed E-state index contributed by atoms with van der Waals surface area (Å²) in [5.41, 5.74) is 2.84. The van der Waals surface area contributed by atoms with E-state index in [0.29, 0.717) is 13.1 Å². The fourth-order valence-corrected chi connectivity index (χ4v) is 7.82. The second-order valence-corrected chi connectivity index (χ2v) is 14.1. The van der Waals surface area contributed by atoms with Gasteiger partial charge < -0.3 is 14.0 Å². The Kier molecular flexibility index (Phi) is 8.13. The van der Waals surface area contributed by atoms with Crippen molar-refractivity contribution in [3.05, 3.63) is 82.1 Å². The van der Waals surface area contributed by atoms with E-state index in [4.69, 9.17) is 0 Å². The van der Waals surface area contributed by atoms with E-state index in [-0.39, 0.29) is 12.8 Å². The van der Waals surface area contributed by atoms with E-state index in [0.717, 1.165) is 42.6 Å². The second kappa shape index (κ2) is 11.4. The molecule has 0 radical (unpaired) electrons. The van der Waals surface area contributed by atoms with E-state index in [1.165, 1.54) is 11.3 Å². The Hall–Kier alpha value is -2.74. The molecule has 1 aromatic heterocycles. The number of aromatic nitrogens is 1. The average molecular weight is 602 g/mol. The molecule has 0 N–H and O–H groups in total. The van der Waals surface area contributed by atoms with Gasteiger partial charge in [0.2, 0.25) is 5.69 Å². The van der Waals surface area contributed by atoms with Crippen molar-refractivity contribution in [3.8, 4) is 11.3 Å². The van der Waals surface area contributed by atoms with Crippen LogP contribution < -0.4 is 9.47 Å². The summed E-state index contributed by atoms with van der Waals surface area (Å²) >= 11 is 3.06. The van der Waals surface area contributed by atoms with Crippen LogP contribution in [0.3, 0.4) is 0 Å². The van der Waals surface area contributed by atoms with Crippen molar-refractivity contribution in [1.29, 1.82) is 0 Å². The zero-order chi connectivity index (χ0) is 27.6. The number of hydrogen-bond donors (Lipinski definition) is 0. The summed E-state index contributed by atoms with van der Waals surface area (Å²) in [6.45, 7) is 0.677. The SMILES string of the molecule is O=S(=O)([O-])CCCN1/C(=C/c2scc(-c3ccccc3)[n+]2CCCS(=O)(=O)[O-])Sc2ccc3ccccc3c21. The van der Waals surface area contributed by atoms with Gasteiger partial charge in [0.05, 0.1) is 42.4 Å². The Morgan fingerprint density at radius 2 is 1.54 bits per heavy atom. The van der Waals surface area contributed by atoms with Crippen molar-refractivity contribution in [2.75, 3.05) is 23.0 Å². The molecule has 0 aliphatic carbocycles. The number of hydrogen-bond acceptors (Lipinski definition) is 9. The number of rotatable bonds is 10. The van der Waals surface area contributed by atoms with Gasteiger partial charge in [-0.2, -0.15) is 4.57 Å². The fourth-order valence-electron chi connectivity index (χ4n) is 4.65. The van der Waals surface area contributed by atoms with Gasteiger partial charge in [0, 0.05) is 40.3 Å². The summed E-state index contributed by atoms with van der Waals surface area (Å²) in [6, 6.07) is 21.8. The third kappa shape index (κ3) is 6.71. The Labute approximate surface area is 236 Å². The van der Waals surface area contributed by atoms with E-state index < -0.39 is 31.7 Å². The van der Waals surface area contributed by atoms with Crippen LogP contribution in [0.1, 0.15) is 17.8 Å². The van der Waals surface area contributed by atoms with Crippen LogP contribution in [0, 0.1) is 0 Å². The Morgan fingerprint density at radius 3 is 2.28 bits per heavy atom. The van der Waals surface area contributed by atoms with E-state index in [9.17, 15) is 25.9 Å². The lowest BCUT2D eigenvalue weighted by molar-refractivity contribution is -0.683. The summed E-state index contributed by atoms with van der Waals surface area (Å²) in [5.74, 6) is -0.912. The molecule has 0 spiro atoms. The van der Waals surface area contributed by atoms with Crippen LogP contribution in [0.15, 0.2) is 82.0 Å². The van der Waals surface area contributed by atoms with Crippen molar-refractivity contribution in [2.45, 2.75) is 24.3 Å². The molecule has 1 aliphatic rings.